The molecule has 2 saturated heterocycles. The van der Waals surface area contributed by atoms with Crippen LogP contribution in [0.4, 0.5) is 16.4 Å². The van der Waals surface area contributed by atoms with E-state index in [4.69, 9.17) is 18.9 Å². The third kappa shape index (κ3) is 19.5. The van der Waals surface area contributed by atoms with Crippen molar-refractivity contribution in [3.8, 4) is 5.75 Å². The maximum absolute atomic E-state index is 14.9. The Labute approximate surface area is 561 Å². The van der Waals surface area contributed by atoms with E-state index in [1.807, 2.05) is 32.0 Å². The van der Waals surface area contributed by atoms with Crippen molar-refractivity contribution < 1.29 is 72.1 Å². The SMILES string of the molecule is CC[C@H](C)[C@@H]([C@@H](CC(=O)N1CCC[C@H]1[C@H](OC)[C@@H](C)C(=O)N[C@H](C)[C@@H](O)c1ccccc1)OC)N(C)C(=O)[C@@H](NC(=O)[C@H](C(C)C)N(C)C(=O)OCc1ccc(OCc2cnc([N+](=O)[O-])n2C)c(NC(=O)CNC(=O)C2CCC(CN3C(=O)CC(SC)C3=O)CC2)c1)C(C)C. The Bertz CT molecular complexity index is 3160. The lowest BCUT2D eigenvalue weighted by molar-refractivity contribution is -0.396. The number of thioether (sulfide) groups is 1. The van der Waals surface area contributed by atoms with Crippen LogP contribution < -0.4 is 26.0 Å². The second-order valence-electron chi connectivity index (χ2n) is 26.1. The number of ether oxygens (including phenoxy) is 4. The van der Waals surface area contributed by atoms with Crippen molar-refractivity contribution in [2.75, 3.05) is 59.5 Å². The quantitative estimate of drug-likeness (QED) is 0.0259. The second kappa shape index (κ2) is 35.3. The number of hydrogen-bond donors (Lipinski definition) is 5. The fourth-order valence-corrected chi connectivity index (χ4v) is 13.8. The highest BCUT2D eigenvalue weighted by molar-refractivity contribution is 8.00. The molecule has 1 unspecified atom stereocenters. The van der Waals surface area contributed by atoms with Gasteiger partial charge in [-0.15, -0.1) is 0 Å². The van der Waals surface area contributed by atoms with Crippen LogP contribution in [0.3, 0.4) is 0 Å². The number of carbonyl (C=O) groups excluding carboxylic acids is 9. The van der Waals surface area contributed by atoms with Gasteiger partial charge in [0.1, 0.15) is 37.2 Å². The largest absolute Gasteiger partial charge is 0.484 e. The molecule has 3 fully saturated rings. The molecular weight excluding hydrogens is 1250 g/mol. The zero-order valence-electron chi connectivity index (χ0n) is 57.4. The monoisotopic (exact) mass is 1350 g/mol. The molecule has 9 amide bonds. The molecule has 3 heterocycles. The zero-order valence-corrected chi connectivity index (χ0v) is 58.2. The Kier molecular flexibility index (Phi) is 28.4. The molecule has 1 saturated carbocycles. The summed E-state index contributed by atoms with van der Waals surface area (Å²) >= 11 is 1.36. The van der Waals surface area contributed by atoms with E-state index in [9.17, 15) is 58.4 Å². The summed E-state index contributed by atoms with van der Waals surface area (Å²) in [6.45, 7) is 14.2. The number of anilines is 1. The van der Waals surface area contributed by atoms with Crippen LogP contribution in [0.5, 0.6) is 5.75 Å². The van der Waals surface area contributed by atoms with Gasteiger partial charge in [0.15, 0.2) is 5.69 Å². The molecule has 11 atom stereocenters. The summed E-state index contributed by atoms with van der Waals surface area (Å²) in [4.78, 5) is 144. The Hall–Kier alpha value is -7.69. The average molecular weight is 1350 g/mol. The Morgan fingerprint density at radius 1 is 0.874 bits per heavy atom. The molecule has 3 aliphatic rings. The number of rotatable bonds is 33. The van der Waals surface area contributed by atoms with Crippen molar-refractivity contribution in [3.05, 3.63) is 81.7 Å². The molecule has 28 heteroatoms. The molecule has 2 aromatic carbocycles. The first-order valence-corrected chi connectivity index (χ1v) is 34.1. The summed E-state index contributed by atoms with van der Waals surface area (Å²) in [6.07, 6.45) is 3.99. The zero-order chi connectivity index (χ0) is 70.1. The van der Waals surface area contributed by atoms with Crippen molar-refractivity contribution in [3.63, 3.8) is 0 Å². The van der Waals surface area contributed by atoms with Crippen molar-refractivity contribution >= 4 is 76.7 Å². The number of aliphatic hydroxyl groups excluding tert-OH is 1. The maximum atomic E-state index is 14.9. The van der Waals surface area contributed by atoms with E-state index in [1.165, 1.54) is 72.8 Å². The topological polar surface area (TPSA) is 333 Å². The number of aliphatic hydroxyl groups is 1. The van der Waals surface area contributed by atoms with Gasteiger partial charge < -0.3 is 65.2 Å². The standard InChI is InChI=1S/C67H99N11O16S/c1-15-40(6)58(51(91-12)31-54(80)76-29-19-22-49(76)60(92-13)41(7)61(83)70-42(8)59(82)45-20-17-16-18-21-45)74(10)65(87)56(38(2)3)72-63(85)57(39(4)5)75(11)67(88)94-36-44-25-28-50(93-37-47-33-69-66(73(47)9)78(89)90)48(30-44)71-53(79)34-68-62(84)46-26-23-43(24-27-46)35-77-55(81)32-52(95-14)64(77)86/h16-18,20-21,25,28,30,33,38-43,46,49,51-52,56-60,82H,15,19,22-24,26-27,29,31-32,34-37H2,1-14H3,(H,68,84)(H,70,83)(H,71,79)(H,72,85)/t40-,41+,42+,43?,46?,49-,51+,52?,56-,57-,58-,59+,60+/m0/s1. The number of benzene rings is 2. The van der Waals surface area contributed by atoms with Gasteiger partial charge in [-0.3, -0.25) is 48.2 Å². The van der Waals surface area contributed by atoms with E-state index in [-0.39, 0.29) is 90.0 Å². The fraction of sp³-hybridized carbons (Fsp3) is 0.642. The fourth-order valence-electron chi connectivity index (χ4n) is 13.1. The molecule has 95 heavy (non-hydrogen) atoms. The molecule has 5 N–H and O–H groups in total. The maximum Gasteiger partial charge on any atom is 0.434 e. The Balaban J connectivity index is 1.09. The number of amides is 9. The third-order valence-electron chi connectivity index (χ3n) is 18.9. The van der Waals surface area contributed by atoms with Crippen LogP contribution in [-0.4, -0.2) is 194 Å². The molecule has 1 aromatic heterocycles. The highest BCUT2D eigenvalue weighted by Gasteiger charge is 2.45. The first-order valence-electron chi connectivity index (χ1n) is 32.8. The predicted molar refractivity (Wildman–Crippen MR) is 355 cm³/mol. The molecule has 0 bridgehead atoms. The normalized spacial score (nSPS) is 20.2. The summed E-state index contributed by atoms with van der Waals surface area (Å²) in [5.41, 5.74) is 1.49. The lowest BCUT2D eigenvalue weighted by Crippen LogP contribution is -2.60. The van der Waals surface area contributed by atoms with Crippen LogP contribution in [-0.2, 0) is 72.8 Å². The van der Waals surface area contributed by atoms with Gasteiger partial charge in [-0.2, -0.15) is 11.8 Å². The molecule has 0 spiro atoms. The number of hydrogen-bond acceptors (Lipinski definition) is 18. The summed E-state index contributed by atoms with van der Waals surface area (Å²) in [6, 6.07) is 9.68. The third-order valence-corrected chi connectivity index (χ3v) is 19.9. The van der Waals surface area contributed by atoms with Crippen LogP contribution in [0.25, 0.3) is 0 Å². The highest BCUT2D eigenvalue weighted by atomic mass is 32.2. The smallest absolute Gasteiger partial charge is 0.434 e. The van der Waals surface area contributed by atoms with Gasteiger partial charge >= 0.3 is 12.0 Å². The minimum absolute atomic E-state index is 0.0612. The molecule has 1 aliphatic carbocycles. The number of imidazole rings is 1. The van der Waals surface area contributed by atoms with Crippen molar-refractivity contribution in [2.45, 2.75) is 180 Å². The number of likely N-dealkylation sites (tertiary alicyclic amines) is 2. The number of carbonyl (C=O) groups is 9. The first-order chi connectivity index (χ1) is 45.1. The van der Waals surface area contributed by atoms with Crippen molar-refractivity contribution in [2.24, 2.45) is 42.6 Å². The molecule has 2 aliphatic heterocycles. The Morgan fingerprint density at radius 2 is 1.56 bits per heavy atom. The minimum atomic E-state index is -1.14. The van der Waals surface area contributed by atoms with Gasteiger partial charge in [0.2, 0.25) is 47.3 Å². The second-order valence-corrected chi connectivity index (χ2v) is 27.1. The number of nitrogens with one attached hydrogen (secondary N) is 4. The van der Waals surface area contributed by atoms with Crippen molar-refractivity contribution in [1.29, 1.82) is 0 Å². The summed E-state index contributed by atoms with van der Waals surface area (Å²) in [5.74, 6) is -5.40. The van der Waals surface area contributed by atoms with Crippen LogP contribution in [0.15, 0.2) is 54.7 Å². The van der Waals surface area contributed by atoms with Gasteiger partial charge in [-0.25, -0.2) is 9.36 Å². The van der Waals surface area contributed by atoms with Gasteiger partial charge in [0, 0.05) is 53.7 Å². The number of imide groups is 1. The summed E-state index contributed by atoms with van der Waals surface area (Å²) in [5, 5.41) is 33.5. The van der Waals surface area contributed by atoms with Crippen LogP contribution in [0.1, 0.15) is 136 Å². The van der Waals surface area contributed by atoms with E-state index < -0.39 is 108 Å². The summed E-state index contributed by atoms with van der Waals surface area (Å²) < 4.78 is 25.2. The molecule has 27 nitrogen and oxygen atoms in total. The van der Waals surface area contributed by atoms with Crippen LogP contribution in [0, 0.1) is 45.6 Å². The number of methoxy groups -OCH3 is 2. The lowest BCUT2D eigenvalue weighted by atomic mass is 9.81. The Morgan fingerprint density at radius 3 is 2.15 bits per heavy atom. The number of nitrogens with zero attached hydrogens (tertiary/aromatic N) is 7. The molecule has 3 aromatic rings. The lowest BCUT2D eigenvalue weighted by Gasteiger charge is -2.41. The highest BCUT2D eigenvalue weighted by Crippen LogP contribution is 2.34. The molecule has 0 radical (unpaired) electrons. The average Bonchev–Trinajstić information content (AvgIpc) is 1.83. The molecule has 6 rings (SSSR count). The van der Waals surface area contributed by atoms with Crippen molar-refractivity contribution in [1.82, 2.24) is 45.1 Å². The van der Waals surface area contributed by atoms with E-state index in [0.717, 1.165) is 4.90 Å². The number of aromatic nitrogens is 2. The van der Waals surface area contributed by atoms with Gasteiger partial charge in [0.05, 0.1) is 73.3 Å². The number of likely N-dealkylation sites (N-methyl/N-ethyl adjacent to an activating group) is 2. The van der Waals surface area contributed by atoms with Gasteiger partial charge in [0.25, 0.3) is 0 Å². The van der Waals surface area contributed by atoms with E-state index >= 15 is 0 Å². The van der Waals surface area contributed by atoms with E-state index in [1.54, 1.807) is 77.9 Å². The van der Waals surface area contributed by atoms with Gasteiger partial charge in [-0.1, -0.05) is 96.3 Å². The predicted octanol–water partition coefficient (Wildman–Crippen LogP) is 6.15. The number of nitro groups is 1. The molecule has 524 valence electrons. The van der Waals surface area contributed by atoms with E-state index in [0.29, 0.717) is 74.9 Å². The minimum Gasteiger partial charge on any atom is -0.484 e. The van der Waals surface area contributed by atoms with Gasteiger partial charge in [-0.05, 0) is 104 Å². The van der Waals surface area contributed by atoms with E-state index in [2.05, 4.69) is 26.3 Å². The van der Waals surface area contributed by atoms with Crippen LogP contribution >= 0.6 is 11.8 Å². The molecular formula is C67H99N11O16S. The summed E-state index contributed by atoms with van der Waals surface area (Å²) in [7, 11) is 7.49. The first kappa shape index (κ1) is 76.3. The van der Waals surface area contributed by atoms with Crippen LogP contribution in [0.2, 0.25) is 0 Å².